The molecule has 0 aliphatic heterocycles. The molecule has 0 unspecified atom stereocenters. The highest BCUT2D eigenvalue weighted by molar-refractivity contribution is 7.99. The molecule has 0 radical (unpaired) electrons. The largest absolute Gasteiger partial charge is 0.495 e. The fourth-order valence-corrected chi connectivity index (χ4v) is 6.35. The van der Waals surface area contributed by atoms with E-state index in [1.165, 1.54) is 16.0 Å². The molecule has 0 fully saturated rings. The molecule has 152 valence electrons. The molecule has 0 spiro atoms. The second-order valence-electron chi connectivity index (χ2n) is 7.33. The highest BCUT2D eigenvalue weighted by Gasteiger charge is 2.24. The molecule has 1 aliphatic rings. The summed E-state index contributed by atoms with van der Waals surface area (Å²) in [7, 11) is 1.64. The number of fused-ring (bicyclic) bond motifs is 3. The SMILES string of the molecule is COc1ccccc1-n1c(SCCc2ccccc2)nc2sc3c(c2c1=O)CCC3. The molecule has 0 atom stereocenters. The predicted octanol–water partition coefficient (Wildman–Crippen LogP) is 5.28. The van der Waals surface area contributed by atoms with Crippen LogP contribution in [-0.2, 0) is 19.3 Å². The van der Waals surface area contributed by atoms with Crippen LogP contribution in [0.25, 0.3) is 15.9 Å². The summed E-state index contributed by atoms with van der Waals surface area (Å²) in [5.41, 5.74) is 3.26. The average molecular weight is 435 g/mol. The lowest BCUT2D eigenvalue weighted by Crippen LogP contribution is -2.22. The summed E-state index contributed by atoms with van der Waals surface area (Å²) in [5, 5.41) is 1.53. The van der Waals surface area contributed by atoms with Crippen LogP contribution in [0.1, 0.15) is 22.4 Å². The van der Waals surface area contributed by atoms with Gasteiger partial charge in [-0.15, -0.1) is 11.3 Å². The van der Waals surface area contributed by atoms with E-state index in [4.69, 9.17) is 9.72 Å². The van der Waals surface area contributed by atoms with Gasteiger partial charge in [0.1, 0.15) is 10.6 Å². The van der Waals surface area contributed by atoms with Crippen LogP contribution in [0.3, 0.4) is 0 Å². The normalized spacial score (nSPS) is 13.0. The summed E-state index contributed by atoms with van der Waals surface area (Å²) >= 11 is 3.32. The van der Waals surface area contributed by atoms with Crippen LogP contribution in [0, 0.1) is 0 Å². The molecular weight excluding hydrogens is 412 g/mol. The van der Waals surface area contributed by atoms with E-state index in [1.807, 2.05) is 30.3 Å². The second-order valence-corrected chi connectivity index (χ2v) is 9.47. The molecular formula is C24H22N2O2S2. The molecule has 0 saturated carbocycles. The van der Waals surface area contributed by atoms with E-state index >= 15 is 0 Å². The van der Waals surface area contributed by atoms with E-state index in [9.17, 15) is 4.79 Å². The van der Waals surface area contributed by atoms with Gasteiger partial charge >= 0.3 is 0 Å². The maximum atomic E-state index is 13.7. The first-order valence-electron chi connectivity index (χ1n) is 10.1. The Morgan fingerprint density at radius 2 is 1.90 bits per heavy atom. The van der Waals surface area contributed by atoms with Crippen molar-refractivity contribution in [3.05, 3.63) is 81.0 Å². The number of thiophene rings is 1. The van der Waals surface area contributed by atoms with Gasteiger partial charge < -0.3 is 4.74 Å². The van der Waals surface area contributed by atoms with Crippen LogP contribution in [-0.4, -0.2) is 22.4 Å². The molecule has 2 aromatic carbocycles. The van der Waals surface area contributed by atoms with E-state index in [0.29, 0.717) is 5.75 Å². The van der Waals surface area contributed by atoms with Gasteiger partial charge in [0.25, 0.3) is 5.56 Å². The third-order valence-electron chi connectivity index (χ3n) is 5.50. The third-order valence-corrected chi connectivity index (χ3v) is 7.62. The number of aromatic nitrogens is 2. The quantitative estimate of drug-likeness (QED) is 0.306. The van der Waals surface area contributed by atoms with Crippen molar-refractivity contribution in [2.24, 2.45) is 0 Å². The summed E-state index contributed by atoms with van der Waals surface area (Å²) in [4.78, 5) is 20.9. The van der Waals surface area contributed by atoms with Crippen LogP contribution in [0.2, 0.25) is 0 Å². The first-order chi connectivity index (χ1) is 14.8. The lowest BCUT2D eigenvalue weighted by molar-refractivity contribution is 0.411. The number of methoxy groups -OCH3 is 1. The minimum Gasteiger partial charge on any atom is -0.495 e. The Balaban J connectivity index is 1.62. The fourth-order valence-electron chi connectivity index (χ4n) is 4.05. The summed E-state index contributed by atoms with van der Waals surface area (Å²) in [5.74, 6) is 1.53. The van der Waals surface area contributed by atoms with Crippen molar-refractivity contribution in [3.8, 4) is 11.4 Å². The number of benzene rings is 2. The van der Waals surface area contributed by atoms with Gasteiger partial charge in [0, 0.05) is 10.6 Å². The van der Waals surface area contributed by atoms with E-state index in [1.54, 1.807) is 34.8 Å². The Morgan fingerprint density at radius 1 is 1.10 bits per heavy atom. The number of nitrogens with zero attached hydrogens (tertiary/aromatic N) is 2. The smallest absolute Gasteiger partial charge is 0.267 e. The topological polar surface area (TPSA) is 44.1 Å². The molecule has 0 saturated heterocycles. The van der Waals surface area contributed by atoms with Gasteiger partial charge in [-0.25, -0.2) is 4.98 Å². The number of thioether (sulfide) groups is 1. The first-order valence-corrected chi connectivity index (χ1v) is 11.9. The number of rotatable bonds is 6. The van der Waals surface area contributed by atoms with E-state index in [2.05, 4.69) is 24.3 Å². The Labute approximate surface area is 183 Å². The zero-order valence-corrected chi connectivity index (χ0v) is 18.4. The maximum absolute atomic E-state index is 13.7. The Kier molecular flexibility index (Phi) is 5.35. The van der Waals surface area contributed by atoms with Crippen LogP contribution < -0.4 is 10.3 Å². The summed E-state index contributed by atoms with van der Waals surface area (Å²) in [6.45, 7) is 0. The number of aryl methyl sites for hydroxylation is 3. The molecule has 2 heterocycles. The molecule has 30 heavy (non-hydrogen) atoms. The Morgan fingerprint density at radius 3 is 2.73 bits per heavy atom. The molecule has 6 heteroatoms. The lowest BCUT2D eigenvalue weighted by Gasteiger charge is -2.15. The van der Waals surface area contributed by atoms with Crippen molar-refractivity contribution in [2.45, 2.75) is 30.8 Å². The number of hydrogen-bond donors (Lipinski definition) is 0. The van der Waals surface area contributed by atoms with Crippen LogP contribution in [0.4, 0.5) is 0 Å². The van der Waals surface area contributed by atoms with Crippen LogP contribution in [0.15, 0.2) is 64.5 Å². The number of para-hydroxylation sites is 2. The van der Waals surface area contributed by atoms with Gasteiger partial charge in [0.15, 0.2) is 5.16 Å². The van der Waals surface area contributed by atoms with Crippen molar-refractivity contribution >= 4 is 33.3 Å². The van der Waals surface area contributed by atoms with E-state index in [0.717, 1.165) is 52.5 Å². The summed E-state index contributed by atoms with van der Waals surface area (Å²) < 4.78 is 7.33. The van der Waals surface area contributed by atoms with Crippen molar-refractivity contribution in [3.63, 3.8) is 0 Å². The fraction of sp³-hybridized carbons (Fsp3) is 0.250. The minimum atomic E-state index is 0.0195. The molecule has 0 bridgehead atoms. The standard InChI is InChI=1S/C24H22N2O2S2/c1-28-19-12-6-5-11-18(19)26-23(27)21-17-10-7-13-20(17)30-22(21)25-24(26)29-15-14-16-8-3-2-4-9-16/h2-6,8-9,11-12H,7,10,13-15H2,1H3. The Hall–Kier alpha value is -2.57. The Bertz CT molecular complexity index is 1260. The average Bonchev–Trinajstić information content (AvgIpc) is 3.36. The molecule has 0 amide bonds. The highest BCUT2D eigenvalue weighted by atomic mass is 32.2. The van der Waals surface area contributed by atoms with Crippen molar-refractivity contribution < 1.29 is 4.74 Å². The first kappa shape index (κ1) is 19.4. The van der Waals surface area contributed by atoms with Gasteiger partial charge in [-0.3, -0.25) is 9.36 Å². The predicted molar refractivity (Wildman–Crippen MR) is 125 cm³/mol. The third kappa shape index (κ3) is 3.44. The highest BCUT2D eigenvalue weighted by Crippen LogP contribution is 2.36. The molecule has 2 aromatic heterocycles. The zero-order valence-electron chi connectivity index (χ0n) is 16.8. The number of hydrogen-bond acceptors (Lipinski definition) is 5. The van der Waals surface area contributed by atoms with Crippen molar-refractivity contribution in [1.82, 2.24) is 9.55 Å². The molecule has 1 aliphatic carbocycles. The maximum Gasteiger partial charge on any atom is 0.267 e. The second kappa shape index (κ2) is 8.28. The summed E-state index contributed by atoms with van der Waals surface area (Å²) in [6, 6.07) is 18.1. The van der Waals surface area contributed by atoms with Gasteiger partial charge in [-0.1, -0.05) is 54.2 Å². The lowest BCUT2D eigenvalue weighted by atomic mass is 10.2. The van der Waals surface area contributed by atoms with Crippen molar-refractivity contribution in [2.75, 3.05) is 12.9 Å². The zero-order chi connectivity index (χ0) is 20.5. The minimum absolute atomic E-state index is 0.0195. The van der Waals surface area contributed by atoms with Crippen LogP contribution in [0.5, 0.6) is 5.75 Å². The molecule has 4 nitrogen and oxygen atoms in total. The van der Waals surface area contributed by atoms with E-state index < -0.39 is 0 Å². The van der Waals surface area contributed by atoms with Gasteiger partial charge in [0.05, 0.1) is 18.2 Å². The van der Waals surface area contributed by atoms with Crippen molar-refractivity contribution in [1.29, 1.82) is 0 Å². The molecule has 5 rings (SSSR count). The molecule has 4 aromatic rings. The molecule has 0 N–H and O–H groups in total. The van der Waals surface area contributed by atoms with Crippen LogP contribution >= 0.6 is 23.1 Å². The number of ether oxygens (including phenoxy) is 1. The van der Waals surface area contributed by atoms with Gasteiger partial charge in [0.2, 0.25) is 0 Å². The monoisotopic (exact) mass is 434 g/mol. The van der Waals surface area contributed by atoms with Gasteiger partial charge in [-0.2, -0.15) is 0 Å². The van der Waals surface area contributed by atoms with E-state index in [-0.39, 0.29) is 5.56 Å². The summed E-state index contributed by atoms with van der Waals surface area (Å²) in [6.07, 6.45) is 4.07. The van der Waals surface area contributed by atoms with Gasteiger partial charge in [-0.05, 0) is 48.9 Å².